The van der Waals surface area contributed by atoms with Crippen molar-refractivity contribution in [2.24, 2.45) is 0 Å². The number of nitro groups is 2. The second kappa shape index (κ2) is 10.9. The van der Waals surface area contributed by atoms with Crippen LogP contribution in [0.15, 0.2) is 70.5 Å². The standard InChI is InChI=1S/C26H16Cl4N2O4S/c1-13-23(9-7-19(27)25(13)17-5-3-15(31(33)34)11-21(17)29)37-24-10-8-20(28)26(14(24)2)18-6-4-16(32(35)36)12-22(18)30/h3-12H,1-2H3. The lowest BCUT2D eigenvalue weighted by atomic mass is 10.00. The van der Waals surface area contributed by atoms with Gasteiger partial charge in [-0.15, -0.1) is 0 Å². The number of hydrogen-bond acceptors (Lipinski definition) is 5. The topological polar surface area (TPSA) is 86.3 Å². The zero-order valence-electron chi connectivity index (χ0n) is 19.2. The third kappa shape index (κ3) is 5.42. The molecule has 11 heteroatoms. The molecule has 0 saturated carbocycles. The van der Waals surface area contributed by atoms with Gasteiger partial charge in [-0.2, -0.15) is 0 Å². The number of rotatable bonds is 6. The molecule has 0 radical (unpaired) electrons. The van der Waals surface area contributed by atoms with E-state index in [1.807, 2.05) is 26.0 Å². The van der Waals surface area contributed by atoms with Crippen LogP contribution < -0.4 is 0 Å². The van der Waals surface area contributed by atoms with E-state index in [0.29, 0.717) is 32.3 Å². The van der Waals surface area contributed by atoms with Crippen LogP contribution in [0.1, 0.15) is 11.1 Å². The Bertz CT molecular complexity index is 1480. The highest BCUT2D eigenvalue weighted by atomic mass is 35.5. The van der Waals surface area contributed by atoms with Gasteiger partial charge in [-0.3, -0.25) is 20.2 Å². The lowest BCUT2D eigenvalue weighted by Gasteiger charge is -2.17. The summed E-state index contributed by atoms with van der Waals surface area (Å²) in [6, 6.07) is 15.8. The predicted octanol–water partition coefficient (Wildman–Crippen LogP) is 10.2. The monoisotopic (exact) mass is 592 g/mol. The van der Waals surface area contributed by atoms with E-state index < -0.39 is 9.85 Å². The van der Waals surface area contributed by atoms with E-state index >= 15 is 0 Å². The van der Waals surface area contributed by atoms with Gasteiger partial charge in [0.05, 0.1) is 19.9 Å². The maximum atomic E-state index is 11.1. The quantitative estimate of drug-likeness (QED) is 0.164. The zero-order valence-corrected chi connectivity index (χ0v) is 23.1. The molecule has 0 aliphatic carbocycles. The van der Waals surface area contributed by atoms with Crippen molar-refractivity contribution in [2.45, 2.75) is 23.6 Å². The maximum absolute atomic E-state index is 11.1. The fourth-order valence-corrected chi connectivity index (χ4v) is 6.13. The summed E-state index contributed by atoms with van der Waals surface area (Å²) in [6.07, 6.45) is 0. The predicted molar refractivity (Wildman–Crippen MR) is 151 cm³/mol. The number of hydrogen-bond donors (Lipinski definition) is 0. The molecule has 4 rings (SSSR count). The van der Waals surface area contributed by atoms with Crippen LogP contribution >= 0.6 is 58.2 Å². The molecule has 4 aromatic rings. The molecule has 37 heavy (non-hydrogen) atoms. The highest BCUT2D eigenvalue weighted by Gasteiger charge is 2.20. The Balaban J connectivity index is 1.78. The summed E-state index contributed by atoms with van der Waals surface area (Å²) < 4.78 is 0. The molecular formula is C26H16Cl4N2O4S. The van der Waals surface area contributed by atoms with Crippen LogP contribution in [0, 0.1) is 34.1 Å². The van der Waals surface area contributed by atoms with Crippen molar-refractivity contribution in [3.05, 3.63) is 112 Å². The molecular weight excluding hydrogens is 578 g/mol. The van der Waals surface area contributed by atoms with Gasteiger partial charge in [-0.1, -0.05) is 58.2 Å². The van der Waals surface area contributed by atoms with Gasteiger partial charge in [0.15, 0.2) is 0 Å². The number of non-ortho nitro benzene ring substituents is 2. The third-order valence-electron chi connectivity index (χ3n) is 5.81. The van der Waals surface area contributed by atoms with E-state index in [1.165, 1.54) is 36.0 Å². The molecule has 0 N–H and O–H groups in total. The first-order valence-corrected chi connectivity index (χ1v) is 13.0. The fourth-order valence-electron chi connectivity index (χ4n) is 3.96. The van der Waals surface area contributed by atoms with Crippen LogP contribution in [-0.4, -0.2) is 9.85 Å². The molecule has 0 unspecified atom stereocenters. The highest BCUT2D eigenvalue weighted by molar-refractivity contribution is 7.99. The Morgan fingerprint density at radius 1 is 0.595 bits per heavy atom. The van der Waals surface area contributed by atoms with E-state index in [9.17, 15) is 20.2 Å². The fraction of sp³-hybridized carbons (Fsp3) is 0.0769. The van der Waals surface area contributed by atoms with Crippen LogP contribution in [0.4, 0.5) is 11.4 Å². The summed E-state index contributed by atoms with van der Waals surface area (Å²) in [4.78, 5) is 23.0. The lowest BCUT2D eigenvalue weighted by molar-refractivity contribution is -0.385. The molecule has 4 aromatic carbocycles. The molecule has 0 aliphatic heterocycles. The van der Waals surface area contributed by atoms with Crippen molar-refractivity contribution in [1.82, 2.24) is 0 Å². The zero-order chi connectivity index (χ0) is 27.0. The summed E-state index contributed by atoms with van der Waals surface area (Å²) in [5, 5.41) is 23.6. The van der Waals surface area contributed by atoms with Crippen LogP contribution in [0.25, 0.3) is 22.3 Å². The van der Waals surface area contributed by atoms with Crippen LogP contribution in [0.2, 0.25) is 20.1 Å². The maximum Gasteiger partial charge on any atom is 0.270 e. The first-order valence-electron chi connectivity index (χ1n) is 10.6. The van der Waals surface area contributed by atoms with Gasteiger partial charge in [-0.05, 0) is 61.4 Å². The summed E-state index contributed by atoms with van der Waals surface area (Å²) in [5.74, 6) is 0. The number of benzene rings is 4. The number of nitrogens with zero attached hydrogens (tertiary/aromatic N) is 2. The molecule has 0 amide bonds. The third-order valence-corrected chi connectivity index (χ3v) is 8.39. The lowest BCUT2D eigenvalue weighted by Crippen LogP contribution is -1.94. The van der Waals surface area contributed by atoms with E-state index in [-0.39, 0.29) is 21.4 Å². The molecule has 0 bridgehead atoms. The SMILES string of the molecule is Cc1c(Sc2ccc(Cl)c(-c3ccc([N+](=O)[O-])cc3Cl)c2C)ccc(Cl)c1-c1ccc([N+](=O)[O-])cc1Cl. The van der Waals surface area contributed by atoms with Gasteiger partial charge >= 0.3 is 0 Å². The van der Waals surface area contributed by atoms with E-state index in [1.54, 1.807) is 24.3 Å². The number of halogens is 4. The van der Waals surface area contributed by atoms with Gasteiger partial charge in [0, 0.05) is 66.4 Å². The van der Waals surface area contributed by atoms with Crippen LogP contribution in [0.3, 0.4) is 0 Å². The van der Waals surface area contributed by atoms with Gasteiger partial charge in [-0.25, -0.2) is 0 Å². The molecule has 0 heterocycles. The molecule has 6 nitrogen and oxygen atoms in total. The van der Waals surface area contributed by atoms with E-state index in [0.717, 1.165) is 20.9 Å². The summed E-state index contributed by atoms with van der Waals surface area (Å²) in [7, 11) is 0. The Labute approximate surface area is 236 Å². The molecule has 0 saturated heterocycles. The van der Waals surface area contributed by atoms with Crippen molar-refractivity contribution < 1.29 is 9.85 Å². The van der Waals surface area contributed by atoms with Gasteiger partial charge in [0.2, 0.25) is 0 Å². The number of nitro benzene ring substituents is 2. The second-order valence-electron chi connectivity index (χ2n) is 8.04. The molecule has 0 aromatic heterocycles. The Morgan fingerprint density at radius 3 is 1.30 bits per heavy atom. The van der Waals surface area contributed by atoms with E-state index in [2.05, 4.69) is 0 Å². The molecule has 0 fully saturated rings. The first-order chi connectivity index (χ1) is 17.5. The van der Waals surface area contributed by atoms with Gasteiger partial charge in [0.1, 0.15) is 0 Å². The molecule has 0 spiro atoms. The largest absolute Gasteiger partial charge is 0.270 e. The highest BCUT2D eigenvalue weighted by Crippen LogP contribution is 2.46. The molecule has 0 aliphatic rings. The molecule has 188 valence electrons. The smallest absolute Gasteiger partial charge is 0.258 e. The normalized spacial score (nSPS) is 11.0. The second-order valence-corrected chi connectivity index (χ2v) is 10.7. The average molecular weight is 594 g/mol. The van der Waals surface area contributed by atoms with Crippen LogP contribution in [0.5, 0.6) is 0 Å². The summed E-state index contributed by atoms with van der Waals surface area (Å²) >= 11 is 27.4. The van der Waals surface area contributed by atoms with Crippen molar-refractivity contribution in [2.75, 3.05) is 0 Å². The molecule has 0 atom stereocenters. The van der Waals surface area contributed by atoms with Crippen molar-refractivity contribution in [3.63, 3.8) is 0 Å². The minimum absolute atomic E-state index is 0.109. The van der Waals surface area contributed by atoms with Gasteiger partial charge < -0.3 is 0 Å². The Morgan fingerprint density at radius 2 is 0.973 bits per heavy atom. The van der Waals surface area contributed by atoms with Crippen LogP contribution in [-0.2, 0) is 0 Å². The minimum atomic E-state index is -0.505. The van der Waals surface area contributed by atoms with E-state index in [4.69, 9.17) is 46.4 Å². The summed E-state index contributed by atoms with van der Waals surface area (Å²) in [5.41, 5.74) is 4.00. The van der Waals surface area contributed by atoms with Gasteiger partial charge in [0.25, 0.3) is 11.4 Å². The minimum Gasteiger partial charge on any atom is -0.258 e. The van der Waals surface area contributed by atoms with Crippen molar-refractivity contribution >= 4 is 69.5 Å². The average Bonchev–Trinajstić information content (AvgIpc) is 2.84. The Kier molecular flexibility index (Phi) is 8.02. The van der Waals surface area contributed by atoms with Crippen molar-refractivity contribution in [1.29, 1.82) is 0 Å². The summed E-state index contributed by atoms with van der Waals surface area (Å²) in [6.45, 7) is 3.81. The first kappa shape index (κ1) is 27.2. The van der Waals surface area contributed by atoms with Crippen molar-refractivity contribution in [3.8, 4) is 22.3 Å². The Hall–Kier alpha value is -2.81.